The van der Waals surface area contributed by atoms with Crippen LogP contribution in [0.2, 0.25) is 0 Å². The second kappa shape index (κ2) is 4.04. The van der Waals surface area contributed by atoms with Crippen LogP contribution in [0.25, 0.3) is 0 Å². The van der Waals surface area contributed by atoms with Crippen molar-refractivity contribution in [1.82, 2.24) is 0 Å². The molecule has 0 aliphatic heterocycles. The molecular formula is C12H15ClO2S. The first-order valence-electron chi connectivity index (χ1n) is 5.43. The fourth-order valence-electron chi connectivity index (χ4n) is 1.96. The Balaban J connectivity index is 2.14. The van der Waals surface area contributed by atoms with Crippen molar-refractivity contribution in [3.8, 4) is 0 Å². The van der Waals surface area contributed by atoms with Gasteiger partial charge in [0.1, 0.15) is 0 Å². The molecule has 2 nitrogen and oxygen atoms in total. The summed E-state index contributed by atoms with van der Waals surface area (Å²) in [5.74, 6) is 0.601. The van der Waals surface area contributed by atoms with E-state index in [1.807, 2.05) is 12.1 Å². The Bertz CT molecular complexity index is 476. The molecule has 0 spiro atoms. The van der Waals surface area contributed by atoms with Crippen LogP contribution in [0, 0.1) is 0 Å². The highest BCUT2D eigenvalue weighted by molar-refractivity contribution is 8.14. The molecule has 0 amide bonds. The summed E-state index contributed by atoms with van der Waals surface area (Å²) in [5.41, 5.74) is 2.35. The molecule has 0 radical (unpaired) electrons. The summed E-state index contributed by atoms with van der Waals surface area (Å²) in [6.07, 6.45) is 0.660. The van der Waals surface area contributed by atoms with Gasteiger partial charge in [-0.05, 0) is 23.5 Å². The van der Waals surface area contributed by atoms with E-state index in [9.17, 15) is 8.42 Å². The normalized spacial score (nSPS) is 24.8. The fraction of sp³-hybridized carbons (Fsp3) is 0.500. The maximum Gasteiger partial charge on any atom is 0.236 e. The van der Waals surface area contributed by atoms with Crippen LogP contribution in [0.15, 0.2) is 24.3 Å². The van der Waals surface area contributed by atoms with E-state index in [0.29, 0.717) is 12.3 Å². The molecule has 1 aromatic rings. The molecule has 2 atom stereocenters. The van der Waals surface area contributed by atoms with Gasteiger partial charge in [-0.2, -0.15) is 0 Å². The maximum atomic E-state index is 11.1. The van der Waals surface area contributed by atoms with Crippen molar-refractivity contribution < 1.29 is 8.42 Å². The van der Waals surface area contributed by atoms with Crippen LogP contribution in [0.1, 0.15) is 43.2 Å². The molecule has 16 heavy (non-hydrogen) atoms. The van der Waals surface area contributed by atoms with E-state index in [1.54, 1.807) is 0 Å². The molecule has 0 aromatic heterocycles. The van der Waals surface area contributed by atoms with Gasteiger partial charge in [0.25, 0.3) is 0 Å². The molecular weight excluding hydrogens is 244 g/mol. The molecule has 0 saturated heterocycles. The Morgan fingerprint density at radius 2 is 1.81 bits per heavy atom. The predicted molar refractivity (Wildman–Crippen MR) is 66.4 cm³/mol. The quantitative estimate of drug-likeness (QED) is 0.780. The Morgan fingerprint density at radius 3 is 2.19 bits per heavy atom. The molecule has 1 aromatic carbocycles. The Morgan fingerprint density at radius 1 is 1.25 bits per heavy atom. The van der Waals surface area contributed by atoms with Gasteiger partial charge in [0.15, 0.2) is 0 Å². The highest BCUT2D eigenvalue weighted by atomic mass is 35.7. The minimum Gasteiger partial charge on any atom is -0.212 e. The summed E-state index contributed by atoms with van der Waals surface area (Å²) in [6.45, 7) is 4.27. The zero-order chi connectivity index (χ0) is 11.9. The third-order valence-electron chi connectivity index (χ3n) is 3.12. The molecule has 0 N–H and O–H groups in total. The van der Waals surface area contributed by atoms with E-state index >= 15 is 0 Å². The Labute approximate surface area is 101 Å². The summed E-state index contributed by atoms with van der Waals surface area (Å²) in [5, 5.41) is -0.376. The van der Waals surface area contributed by atoms with Gasteiger partial charge >= 0.3 is 0 Å². The lowest BCUT2D eigenvalue weighted by Gasteiger charge is -2.06. The van der Waals surface area contributed by atoms with Gasteiger partial charge in [-0.1, -0.05) is 38.1 Å². The number of rotatable bonds is 3. The lowest BCUT2D eigenvalue weighted by atomic mass is 10.0. The zero-order valence-corrected chi connectivity index (χ0v) is 10.9. The number of benzene rings is 1. The molecule has 1 fully saturated rings. The van der Waals surface area contributed by atoms with Gasteiger partial charge in [0.2, 0.25) is 9.05 Å². The van der Waals surface area contributed by atoms with E-state index in [2.05, 4.69) is 26.0 Å². The lowest BCUT2D eigenvalue weighted by molar-refractivity contribution is 0.607. The Hall–Kier alpha value is -0.540. The second-order valence-corrected chi connectivity index (χ2v) is 7.52. The van der Waals surface area contributed by atoms with Crippen molar-refractivity contribution >= 4 is 19.7 Å². The highest BCUT2D eigenvalue weighted by Gasteiger charge is 2.47. The maximum absolute atomic E-state index is 11.1. The molecule has 1 saturated carbocycles. The number of halogens is 1. The van der Waals surface area contributed by atoms with Gasteiger partial charge < -0.3 is 0 Å². The van der Waals surface area contributed by atoms with E-state index in [1.165, 1.54) is 5.56 Å². The molecule has 4 heteroatoms. The molecule has 1 aliphatic rings. The topological polar surface area (TPSA) is 34.1 Å². The van der Waals surface area contributed by atoms with Gasteiger partial charge in [-0.3, -0.25) is 0 Å². The molecule has 2 unspecified atom stereocenters. The summed E-state index contributed by atoms with van der Waals surface area (Å²) < 4.78 is 22.2. The van der Waals surface area contributed by atoms with Crippen LogP contribution in [-0.4, -0.2) is 13.7 Å². The minimum atomic E-state index is -3.38. The van der Waals surface area contributed by atoms with Crippen molar-refractivity contribution in [3.63, 3.8) is 0 Å². The first-order valence-corrected chi connectivity index (χ1v) is 7.80. The number of hydrogen-bond acceptors (Lipinski definition) is 2. The van der Waals surface area contributed by atoms with Crippen molar-refractivity contribution in [2.45, 2.75) is 37.4 Å². The van der Waals surface area contributed by atoms with Crippen molar-refractivity contribution in [1.29, 1.82) is 0 Å². The molecule has 0 heterocycles. The van der Waals surface area contributed by atoms with Crippen molar-refractivity contribution in [2.75, 3.05) is 0 Å². The molecule has 1 aliphatic carbocycles. The standard InChI is InChI=1S/C12H15ClO2S/c1-8(2)9-3-5-10(6-4-9)11-7-12(11)16(13,14)15/h3-6,8,11-12H,7H2,1-2H3. The van der Waals surface area contributed by atoms with Crippen LogP contribution in [0.5, 0.6) is 0 Å². The van der Waals surface area contributed by atoms with Crippen LogP contribution in [0.3, 0.4) is 0 Å². The predicted octanol–water partition coefficient (Wildman–Crippen LogP) is 3.23. The van der Waals surface area contributed by atoms with Gasteiger partial charge in [-0.25, -0.2) is 8.42 Å². The SMILES string of the molecule is CC(C)c1ccc(C2CC2S(=O)(=O)Cl)cc1. The average molecular weight is 259 g/mol. The van der Waals surface area contributed by atoms with Gasteiger partial charge in [-0.15, -0.1) is 0 Å². The third kappa shape index (κ3) is 2.41. The van der Waals surface area contributed by atoms with Gasteiger partial charge in [0.05, 0.1) is 5.25 Å². The fourth-order valence-corrected chi connectivity index (χ4v) is 3.54. The monoisotopic (exact) mass is 258 g/mol. The largest absolute Gasteiger partial charge is 0.236 e. The summed E-state index contributed by atoms with van der Waals surface area (Å²) >= 11 is 0. The van der Waals surface area contributed by atoms with Crippen molar-refractivity contribution in [3.05, 3.63) is 35.4 Å². The average Bonchev–Trinajstić information content (AvgIpc) is 2.96. The summed E-state index contributed by atoms with van der Waals surface area (Å²) in [6, 6.07) is 8.16. The second-order valence-electron chi connectivity index (χ2n) is 4.68. The molecule has 0 bridgehead atoms. The van der Waals surface area contributed by atoms with Crippen LogP contribution >= 0.6 is 10.7 Å². The Kier molecular flexibility index (Phi) is 3.01. The summed E-state index contributed by atoms with van der Waals surface area (Å²) in [7, 11) is 1.95. The van der Waals surface area contributed by atoms with E-state index < -0.39 is 9.05 Å². The van der Waals surface area contributed by atoms with Crippen LogP contribution < -0.4 is 0 Å². The first-order chi connectivity index (χ1) is 7.39. The highest BCUT2D eigenvalue weighted by Crippen LogP contribution is 2.47. The van der Waals surface area contributed by atoms with E-state index in [4.69, 9.17) is 10.7 Å². The van der Waals surface area contributed by atoms with Crippen LogP contribution in [-0.2, 0) is 9.05 Å². The van der Waals surface area contributed by atoms with Crippen molar-refractivity contribution in [2.24, 2.45) is 0 Å². The third-order valence-corrected chi connectivity index (χ3v) is 5.06. The molecule has 88 valence electrons. The van der Waals surface area contributed by atoms with Crippen LogP contribution in [0.4, 0.5) is 0 Å². The van der Waals surface area contributed by atoms with E-state index in [-0.39, 0.29) is 11.2 Å². The van der Waals surface area contributed by atoms with E-state index in [0.717, 1.165) is 5.56 Å². The minimum absolute atomic E-state index is 0.101. The number of hydrogen-bond donors (Lipinski definition) is 0. The van der Waals surface area contributed by atoms with Gasteiger partial charge in [0, 0.05) is 16.6 Å². The smallest absolute Gasteiger partial charge is 0.212 e. The first kappa shape index (κ1) is 11.9. The summed E-state index contributed by atoms with van der Waals surface area (Å²) in [4.78, 5) is 0. The zero-order valence-electron chi connectivity index (χ0n) is 9.35. The lowest BCUT2D eigenvalue weighted by Crippen LogP contribution is -1.99. The molecule has 2 rings (SSSR count).